The summed E-state index contributed by atoms with van der Waals surface area (Å²) < 4.78 is 0. The summed E-state index contributed by atoms with van der Waals surface area (Å²) in [6.07, 6.45) is 1.36. The second-order valence-corrected chi connectivity index (χ2v) is 5.04. The highest BCUT2D eigenvalue weighted by atomic mass is 16.2. The Kier molecular flexibility index (Phi) is 2.85. The van der Waals surface area contributed by atoms with Gasteiger partial charge in [-0.25, -0.2) is 0 Å². The van der Waals surface area contributed by atoms with Gasteiger partial charge >= 0.3 is 0 Å². The normalized spacial score (nSPS) is 16.1. The van der Waals surface area contributed by atoms with Crippen LogP contribution in [-0.4, -0.2) is 34.7 Å². The predicted molar refractivity (Wildman–Crippen MR) is 73.2 cm³/mol. The molecule has 1 saturated heterocycles. The van der Waals surface area contributed by atoms with Crippen LogP contribution in [0.15, 0.2) is 24.3 Å². The maximum atomic E-state index is 12.6. The highest BCUT2D eigenvalue weighted by Gasteiger charge is 2.25. The average Bonchev–Trinajstić information content (AvgIpc) is 2.74. The first kappa shape index (κ1) is 12.0. The lowest BCUT2D eigenvalue weighted by molar-refractivity contribution is -0.121. The van der Waals surface area contributed by atoms with Gasteiger partial charge in [0, 0.05) is 29.6 Å². The second kappa shape index (κ2) is 4.53. The summed E-state index contributed by atoms with van der Waals surface area (Å²) in [5, 5.41) is 0.933. The molecular formula is C15H16N2O2. The van der Waals surface area contributed by atoms with Crippen LogP contribution in [0.2, 0.25) is 0 Å². The summed E-state index contributed by atoms with van der Waals surface area (Å²) in [5.74, 6) is 0.111. The van der Waals surface area contributed by atoms with Crippen LogP contribution < -0.4 is 0 Å². The number of piperidine rings is 1. The summed E-state index contributed by atoms with van der Waals surface area (Å²) >= 11 is 0. The number of ketones is 1. The van der Waals surface area contributed by atoms with Gasteiger partial charge in [0.25, 0.3) is 5.91 Å². The van der Waals surface area contributed by atoms with Crippen molar-refractivity contribution in [3.05, 3.63) is 35.5 Å². The molecule has 0 spiro atoms. The number of likely N-dealkylation sites (tertiary alicyclic amines) is 1. The van der Waals surface area contributed by atoms with Gasteiger partial charge in [-0.1, -0.05) is 18.2 Å². The number of aromatic nitrogens is 1. The number of nitrogens with zero attached hydrogens (tertiary/aromatic N) is 1. The van der Waals surface area contributed by atoms with Gasteiger partial charge in [0.15, 0.2) is 5.78 Å². The molecule has 1 aromatic carbocycles. The van der Waals surface area contributed by atoms with E-state index in [0.717, 1.165) is 23.0 Å². The lowest BCUT2D eigenvalue weighted by atomic mass is 10.1. The van der Waals surface area contributed by atoms with Crippen LogP contribution in [0.3, 0.4) is 0 Å². The van der Waals surface area contributed by atoms with Crippen molar-refractivity contribution in [1.29, 1.82) is 0 Å². The largest absolute Gasteiger partial charge is 0.358 e. The zero-order valence-corrected chi connectivity index (χ0v) is 10.9. The van der Waals surface area contributed by atoms with E-state index in [1.165, 1.54) is 0 Å². The molecule has 19 heavy (non-hydrogen) atoms. The number of Topliss-reactive ketones (excluding diaryl/α,β-unsaturated/α-hetero) is 1. The van der Waals surface area contributed by atoms with Crippen LogP contribution in [0, 0.1) is 6.92 Å². The molecule has 0 aliphatic carbocycles. The number of aryl methyl sites for hydroxylation is 1. The fraction of sp³-hybridized carbons (Fsp3) is 0.333. The van der Waals surface area contributed by atoms with E-state index in [0.29, 0.717) is 18.5 Å². The SMILES string of the molecule is Cc1[nH]c2ccccc2c1C(=O)N1CCCC(=O)C1. The number of rotatable bonds is 1. The van der Waals surface area contributed by atoms with E-state index < -0.39 is 0 Å². The molecule has 2 aromatic rings. The predicted octanol–water partition coefficient (Wildman–Crippen LogP) is 2.28. The van der Waals surface area contributed by atoms with Crippen molar-refractivity contribution in [2.75, 3.05) is 13.1 Å². The Bertz CT molecular complexity index is 657. The van der Waals surface area contributed by atoms with Crippen molar-refractivity contribution in [3.63, 3.8) is 0 Å². The maximum Gasteiger partial charge on any atom is 0.256 e. The van der Waals surface area contributed by atoms with E-state index in [1.54, 1.807) is 4.90 Å². The molecule has 0 radical (unpaired) electrons. The van der Waals surface area contributed by atoms with Crippen LogP contribution in [0.1, 0.15) is 28.9 Å². The summed E-state index contributed by atoms with van der Waals surface area (Å²) in [5.41, 5.74) is 2.53. The Labute approximate surface area is 111 Å². The zero-order valence-electron chi connectivity index (χ0n) is 10.9. The van der Waals surface area contributed by atoms with Gasteiger partial charge < -0.3 is 9.88 Å². The van der Waals surface area contributed by atoms with Crippen molar-refractivity contribution in [3.8, 4) is 0 Å². The van der Waals surface area contributed by atoms with Crippen LogP contribution in [0.5, 0.6) is 0 Å². The molecule has 1 aromatic heterocycles. The lowest BCUT2D eigenvalue weighted by Crippen LogP contribution is -2.40. The van der Waals surface area contributed by atoms with Gasteiger partial charge in [-0.15, -0.1) is 0 Å². The van der Waals surface area contributed by atoms with Gasteiger partial charge in [-0.2, -0.15) is 0 Å². The number of carbonyl (C=O) groups is 2. The minimum absolute atomic E-state index is 0.0389. The molecule has 1 aliphatic heterocycles. The number of hydrogen-bond donors (Lipinski definition) is 1. The number of benzene rings is 1. The van der Waals surface area contributed by atoms with Gasteiger partial charge in [-0.05, 0) is 19.4 Å². The number of fused-ring (bicyclic) bond motifs is 1. The highest BCUT2D eigenvalue weighted by Crippen LogP contribution is 2.24. The highest BCUT2D eigenvalue weighted by molar-refractivity contribution is 6.09. The average molecular weight is 256 g/mol. The number of nitrogens with one attached hydrogen (secondary N) is 1. The fourth-order valence-corrected chi connectivity index (χ4v) is 2.72. The van der Waals surface area contributed by atoms with Crippen LogP contribution in [0.25, 0.3) is 10.9 Å². The number of H-pyrrole nitrogens is 1. The molecule has 0 saturated carbocycles. The number of para-hydroxylation sites is 1. The number of aromatic amines is 1. The molecule has 1 fully saturated rings. The minimum Gasteiger partial charge on any atom is -0.358 e. The first-order valence-electron chi connectivity index (χ1n) is 6.55. The number of carbonyl (C=O) groups excluding carboxylic acids is 2. The number of hydrogen-bond acceptors (Lipinski definition) is 2. The van der Waals surface area contributed by atoms with Gasteiger partial charge in [0.2, 0.25) is 0 Å². The molecule has 1 N–H and O–H groups in total. The summed E-state index contributed by atoms with van der Waals surface area (Å²) in [6.45, 7) is 2.82. The minimum atomic E-state index is -0.0389. The zero-order chi connectivity index (χ0) is 13.4. The lowest BCUT2D eigenvalue weighted by Gasteiger charge is -2.25. The first-order chi connectivity index (χ1) is 9.16. The molecule has 98 valence electrons. The standard InChI is InChI=1S/C15H16N2O2/c1-10-14(12-6-2-3-7-13(12)16-10)15(19)17-8-4-5-11(18)9-17/h2-3,6-7,16H,4-5,8-9H2,1H3. The topological polar surface area (TPSA) is 53.2 Å². The molecule has 1 amide bonds. The van der Waals surface area contributed by atoms with Crippen molar-refractivity contribution in [2.45, 2.75) is 19.8 Å². The molecule has 0 atom stereocenters. The maximum absolute atomic E-state index is 12.6. The van der Waals surface area contributed by atoms with E-state index in [1.807, 2.05) is 31.2 Å². The Balaban J connectivity index is 2.01. The molecular weight excluding hydrogens is 240 g/mol. The van der Waals surface area contributed by atoms with Gasteiger partial charge in [0.05, 0.1) is 12.1 Å². The van der Waals surface area contributed by atoms with E-state index >= 15 is 0 Å². The molecule has 4 heteroatoms. The van der Waals surface area contributed by atoms with Crippen LogP contribution in [0.4, 0.5) is 0 Å². The third kappa shape index (κ3) is 2.03. The van der Waals surface area contributed by atoms with Crippen LogP contribution in [-0.2, 0) is 4.79 Å². The molecule has 0 unspecified atom stereocenters. The quantitative estimate of drug-likeness (QED) is 0.851. The summed E-state index contributed by atoms with van der Waals surface area (Å²) in [7, 11) is 0. The van der Waals surface area contributed by atoms with E-state index in [-0.39, 0.29) is 18.2 Å². The van der Waals surface area contributed by atoms with Gasteiger partial charge in [-0.3, -0.25) is 9.59 Å². The first-order valence-corrected chi connectivity index (χ1v) is 6.55. The number of amides is 1. The van der Waals surface area contributed by atoms with Crippen molar-refractivity contribution in [2.24, 2.45) is 0 Å². The van der Waals surface area contributed by atoms with E-state index in [9.17, 15) is 9.59 Å². The van der Waals surface area contributed by atoms with Crippen LogP contribution >= 0.6 is 0 Å². The fourth-order valence-electron chi connectivity index (χ4n) is 2.72. The molecule has 2 heterocycles. The molecule has 4 nitrogen and oxygen atoms in total. The third-order valence-electron chi connectivity index (χ3n) is 3.65. The molecule has 3 rings (SSSR count). The van der Waals surface area contributed by atoms with Crippen molar-refractivity contribution >= 4 is 22.6 Å². The monoisotopic (exact) mass is 256 g/mol. The summed E-state index contributed by atoms with van der Waals surface area (Å²) in [4.78, 5) is 29.0. The molecule has 0 bridgehead atoms. The Morgan fingerprint density at radius 3 is 2.89 bits per heavy atom. The summed E-state index contributed by atoms with van der Waals surface area (Å²) in [6, 6.07) is 7.77. The van der Waals surface area contributed by atoms with E-state index in [2.05, 4.69) is 4.98 Å². The van der Waals surface area contributed by atoms with E-state index in [4.69, 9.17) is 0 Å². The smallest absolute Gasteiger partial charge is 0.256 e. The molecule has 1 aliphatic rings. The van der Waals surface area contributed by atoms with Crippen molar-refractivity contribution in [1.82, 2.24) is 9.88 Å². The van der Waals surface area contributed by atoms with Gasteiger partial charge in [0.1, 0.15) is 0 Å². The third-order valence-corrected chi connectivity index (χ3v) is 3.65. The Morgan fingerprint density at radius 1 is 1.32 bits per heavy atom. The second-order valence-electron chi connectivity index (χ2n) is 5.04. The Hall–Kier alpha value is -2.10. The van der Waals surface area contributed by atoms with Crippen molar-refractivity contribution < 1.29 is 9.59 Å². The Morgan fingerprint density at radius 2 is 2.11 bits per heavy atom.